The van der Waals surface area contributed by atoms with Gasteiger partial charge in [0.25, 0.3) is 0 Å². The van der Waals surface area contributed by atoms with Gasteiger partial charge in [-0.05, 0) is 72.1 Å². The minimum absolute atomic E-state index is 0.128. The second-order valence-corrected chi connectivity index (χ2v) is 10.9. The highest BCUT2D eigenvalue weighted by Crippen LogP contribution is 2.31. The van der Waals surface area contributed by atoms with Crippen LogP contribution in [0.1, 0.15) is 51.5 Å². The molecule has 4 aromatic carbocycles. The third-order valence-electron chi connectivity index (χ3n) is 6.67. The standard InChI is InChI=1S/C34H38N2O3S/c1-3-5-6-7-10-22-36(34(38)35-29-19-18-27-12-8-9-13-28(27)24-29)30-14-11-15-32(25-30)40-31-20-16-26(17-21-31)23-33(37)39-4-2/h8-9,11-21,24-25H,3-7,10,22-23H2,1-2H3,(H,35,38). The van der Waals surface area contributed by atoms with Gasteiger partial charge in [-0.2, -0.15) is 0 Å². The number of anilines is 2. The van der Waals surface area contributed by atoms with Crippen LogP contribution in [0, 0.1) is 0 Å². The normalized spacial score (nSPS) is 10.8. The number of unbranched alkanes of at least 4 members (excludes halogenated alkanes) is 4. The number of urea groups is 1. The fourth-order valence-electron chi connectivity index (χ4n) is 4.58. The molecule has 2 amide bonds. The number of nitrogens with zero attached hydrogens (tertiary/aromatic N) is 1. The molecule has 5 nitrogen and oxygen atoms in total. The van der Waals surface area contributed by atoms with E-state index in [-0.39, 0.29) is 18.4 Å². The highest BCUT2D eigenvalue weighted by molar-refractivity contribution is 7.99. The average Bonchev–Trinajstić information content (AvgIpc) is 2.96. The second kappa shape index (κ2) is 15.1. The van der Waals surface area contributed by atoms with Crippen LogP contribution in [-0.4, -0.2) is 25.2 Å². The summed E-state index contributed by atoms with van der Waals surface area (Å²) in [6.07, 6.45) is 5.90. The van der Waals surface area contributed by atoms with E-state index in [1.54, 1.807) is 11.8 Å². The van der Waals surface area contributed by atoms with Crippen LogP contribution in [0.4, 0.5) is 16.2 Å². The molecule has 0 saturated heterocycles. The van der Waals surface area contributed by atoms with Crippen molar-refractivity contribution >= 4 is 45.9 Å². The molecule has 0 heterocycles. The largest absolute Gasteiger partial charge is 0.466 e. The summed E-state index contributed by atoms with van der Waals surface area (Å²) in [6.45, 7) is 5.06. The number of benzene rings is 4. The maximum Gasteiger partial charge on any atom is 0.326 e. The molecule has 0 atom stereocenters. The van der Waals surface area contributed by atoms with Crippen molar-refractivity contribution in [1.29, 1.82) is 0 Å². The Labute approximate surface area is 241 Å². The number of esters is 1. The third kappa shape index (κ3) is 8.62. The van der Waals surface area contributed by atoms with Crippen LogP contribution in [0.3, 0.4) is 0 Å². The first-order valence-electron chi connectivity index (χ1n) is 14.2. The highest BCUT2D eigenvalue weighted by Gasteiger charge is 2.17. The van der Waals surface area contributed by atoms with Crippen LogP contribution in [0.5, 0.6) is 0 Å². The van der Waals surface area contributed by atoms with E-state index < -0.39 is 0 Å². The molecule has 40 heavy (non-hydrogen) atoms. The Morgan fingerprint density at radius 2 is 1.55 bits per heavy atom. The van der Waals surface area contributed by atoms with Gasteiger partial charge in [-0.1, -0.05) is 92.9 Å². The molecule has 0 aliphatic rings. The lowest BCUT2D eigenvalue weighted by molar-refractivity contribution is -0.142. The summed E-state index contributed by atoms with van der Waals surface area (Å²) in [7, 11) is 0. The van der Waals surface area contributed by atoms with Gasteiger partial charge < -0.3 is 10.1 Å². The molecular weight excluding hydrogens is 516 g/mol. The van der Waals surface area contributed by atoms with E-state index in [0.717, 1.165) is 50.3 Å². The Kier molecular flexibility index (Phi) is 11.1. The predicted octanol–water partition coefficient (Wildman–Crippen LogP) is 9.11. The van der Waals surface area contributed by atoms with Gasteiger partial charge in [0, 0.05) is 27.7 Å². The number of hydrogen-bond acceptors (Lipinski definition) is 4. The Morgan fingerprint density at radius 3 is 2.33 bits per heavy atom. The number of nitrogens with one attached hydrogen (secondary N) is 1. The number of amides is 2. The van der Waals surface area contributed by atoms with Crippen molar-refractivity contribution in [3.05, 3.63) is 96.6 Å². The zero-order valence-corrected chi connectivity index (χ0v) is 24.2. The lowest BCUT2D eigenvalue weighted by Gasteiger charge is -2.24. The van der Waals surface area contributed by atoms with Gasteiger partial charge in [0.15, 0.2) is 0 Å². The average molecular weight is 555 g/mol. The first kappa shape index (κ1) is 29.2. The fraction of sp³-hybridized carbons (Fsp3) is 0.294. The molecule has 0 aromatic heterocycles. The van der Waals surface area contributed by atoms with Crippen molar-refractivity contribution in [2.24, 2.45) is 0 Å². The first-order chi connectivity index (χ1) is 19.6. The van der Waals surface area contributed by atoms with Crippen LogP contribution >= 0.6 is 11.8 Å². The summed E-state index contributed by atoms with van der Waals surface area (Å²) in [5.74, 6) is -0.215. The molecule has 0 radical (unpaired) electrons. The summed E-state index contributed by atoms with van der Waals surface area (Å²) >= 11 is 1.63. The summed E-state index contributed by atoms with van der Waals surface area (Å²) in [5.41, 5.74) is 2.59. The Balaban J connectivity index is 1.48. The molecule has 4 rings (SSSR count). The van der Waals surface area contributed by atoms with Crippen molar-refractivity contribution < 1.29 is 14.3 Å². The van der Waals surface area contributed by atoms with Gasteiger partial charge in [0.05, 0.1) is 13.0 Å². The monoisotopic (exact) mass is 554 g/mol. The molecule has 6 heteroatoms. The zero-order valence-electron chi connectivity index (χ0n) is 23.4. The quantitative estimate of drug-likeness (QED) is 0.132. The Bertz CT molecular complexity index is 1400. The number of ether oxygens (including phenoxy) is 1. The lowest BCUT2D eigenvalue weighted by atomic mass is 10.1. The van der Waals surface area contributed by atoms with E-state index in [4.69, 9.17) is 4.74 Å². The van der Waals surface area contributed by atoms with Crippen molar-refractivity contribution in [2.45, 2.75) is 62.2 Å². The van der Waals surface area contributed by atoms with E-state index in [1.807, 2.05) is 78.6 Å². The number of fused-ring (bicyclic) bond motifs is 1. The van der Waals surface area contributed by atoms with Gasteiger partial charge in [0.2, 0.25) is 0 Å². The number of carbonyl (C=O) groups excluding carboxylic acids is 2. The van der Waals surface area contributed by atoms with Gasteiger partial charge in [-0.3, -0.25) is 9.69 Å². The Morgan fingerprint density at radius 1 is 0.775 bits per heavy atom. The summed E-state index contributed by atoms with van der Waals surface area (Å²) in [5, 5.41) is 5.37. The molecule has 0 unspecified atom stereocenters. The molecule has 0 aliphatic carbocycles. The van der Waals surface area contributed by atoms with Crippen molar-refractivity contribution in [2.75, 3.05) is 23.4 Å². The van der Waals surface area contributed by atoms with Crippen LogP contribution in [0.2, 0.25) is 0 Å². The molecule has 0 spiro atoms. The zero-order chi connectivity index (χ0) is 28.2. The maximum atomic E-state index is 13.6. The number of carbonyl (C=O) groups is 2. The van der Waals surface area contributed by atoms with E-state index in [9.17, 15) is 9.59 Å². The van der Waals surface area contributed by atoms with Crippen LogP contribution in [0.25, 0.3) is 10.8 Å². The summed E-state index contributed by atoms with van der Waals surface area (Å²) in [6, 6.07) is 30.1. The van der Waals surface area contributed by atoms with Gasteiger partial charge in [-0.25, -0.2) is 4.79 Å². The molecule has 0 fully saturated rings. The Hall–Kier alpha value is -3.77. The van der Waals surface area contributed by atoms with Crippen LogP contribution in [-0.2, 0) is 16.0 Å². The summed E-state index contributed by atoms with van der Waals surface area (Å²) < 4.78 is 5.05. The van der Waals surface area contributed by atoms with Crippen molar-refractivity contribution in [1.82, 2.24) is 0 Å². The van der Waals surface area contributed by atoms with Gasteiger partial charge >= 0.3 is 12.0 Å². The highest BCUT2D eigenvalue weighted by atomic mass is 32.2. The van der Waals surface area contributed by atoms with E-state index in [2.05, 4.69) is 36.5 Å². The summed E-state index contributed by atoms with van der Waals surface area (Å²) in [4.78, 5) is 29.3. The third-order valence-corrected chi connectivity index (χ3v) is 7.67. The van der Waals surface area contributed by atoms with E-state index >= 15 is 0 Å². The molecular formula is C34H38N2O3S. The second-order valence-electron chi connectivity index (χ2n) is 9.78. The van der Waals surface area contributed by atoms with Crippen LogP contribution < -0.4 is 10.2 Å². The fourth-order valence-corrected chi connectivity index (χ4v) is 5.46. The van der Waals surface area contributed by atoms with Crippen LogP contribution in [0.15, 0.2) is 101 Å². The minimum Gasteiger partial charge on any atom is -0.466 e. The molecule has 208 valence electrons. The predicted molar refractivity (Wildman–Crippen MR) is 166 cm³/mol. The van der Waals surface area contributed by atoms with Crippen molar-refractivity contribution in [3.8, 4) is 0 Å². The molecule has 0 aliphatic heterocycles. The van der Waals surface area contributed by atoms with Gasteiger partial charge in [0.1, 0.15) is 0 Å². The molecule has 1 N–H and O–H groups in total. The minimum atomic E-state index is -0.215. The number of rotatable bonds is 13. The lowest BCUT2D eigenvalue weighted by Crippen LogP contribution is -2.35. The number of hydrogen-bond donors (Lipinski definition) is 1. The molecule has 0 bridgehead atoms. The first-order valence-corrected chi connectivity index (χ1v) is 15.0. The van der Waals surface area contributed by atoms with E-state index in [1.165, 1.54) is 19.3 Å². The molecule has 4 aromatic rings. The molecule has 0 saturated carbocycles. The SMILES string of the molecule is CCCCCCCN(C(=O)Nc1ccc2ccccc2c1)c1cccc(Sc2ccc(CC(=O)OCC)cc2)c1. The van der Waals surface area contributed by atoms with Gasteiger partial charge in [-0.15, -0.1) is 0 Å². The smallest absolute Gasteiger partial charge is 0.326 e. The topological polar surface area (TPSA) is 58.6 Å². The van der Waals surface area contributed by atoms with E-state index in [0.29, 0.717) is 13.2 Å². The van der Waals surface area contributed by atoms with Crippen molar-refractivity contribution in [3.63, 3.8) is 0 Å². The maximum absolute atomic E-state index is 13.6.